The van der Waals surface area contributed by atoms with Crippen molar-refractivity contribution >= 4 is 11.6 Å². The maximum absolute atomic E-state index is 13.5. The third kappa shape index (κ3) is 4.97. The van der Waals surface area contributed by atoms with Gasteiger partial charge < -0.3 is 10.7 Å². The first-order valence-corrected chi connectivity index (χ1v) is 7.27. The number of anilines is 1. The third-order valence-electron chi connectivity index (χ3n) is 3.54. The van der Waals surface area contributed by atoms with E-state index in [0.29, 0.717) is 12.5 Å². The standard InChI is InChI=1S/C15H23F2N3O/c1-3-5-6-10(4-2)9-19-15(21)11-7-12(16)14(20-18)13(17)8-11/h7-8,10,20H,3-6,9,18H2,1-2H3,(H,19,21). The van der Waals surface area contributed by atoms with Gasteiger partial charge in [0.15, 0.2) is 11.6 Å². The monoisotopic (exact) mass is 299 g/mol. The first-order valence-electron chi connectivity index (χ1n) is 7.27. The van der Waals surface area contributed by atoms with Gasteiger partial charge in [-0.15, -0.1) is 0 Å². The van der Waals surface area contributed by atoms with Gasteiger partial charge in [0.25, 0.3) is 5.91 Å². The lowest BCUT2D eigenvalue weighted by molar-refractivity contribution is 0.0945. The number of halogens is 2. The molecule has 1 aromatic rings. The molecule has 6 heteroatoms. The predicted octanol–water partition coefficient (Wildman–Crippen LogP) is 3.20. The van der Waals surface area contributed by atoms with Crippen molar-refractivity contribution in [3.63, 3.8) is 0 Å². The summed E-state index contributed by atoms with van der Waals surface area (Å²) in [5.41, 5.74) is 1.44. The Morgan fingerprint density at radius 1 is 1.29 bits per heavy atom. The van der Waals surface area contributed by atoms with Gasteiger partial charge in [0.2, 0.25) is 0 Å². The third-order valence-corrected chi connectivity index (χ3v) is 3.54. The molecule has 0 bridgehead atoms. The highest BCUT2D eigenvalue weighted by Crippen LogP contribution is 2.20. The second kappa shape index (κ2) is 8.56. The van der Waals surface area contributed by atoms with Gasteiger partial charge in [-0.25, -0.2) is 8.78 Å². The van der Waals surface area contributed by atoms with Crippen LogP contribution in [0.2, 0.25) is 0 Å². The molecule has 118 valence electrons. The van der Waals surface area contributed by atoms with E-state index in [1.54, 1.807) is 0 Å². The van der Waals surface area contributed by atoms with Gasteiger partial charge in [-0.3, -0.25) is 10.6 Å². The van der Waals surface area contributed by atoms with E-state index in [0.717, 1.165) is 37.8 Å². The number of benzene rings is 1. The summed E-state index contributed by atoms with van der Waals surface area (Å²) in [5, 5.41) is 2.73. The van der Waals surface area contributed by atoms with Crippen molar-refractivity contribution in [2.75, 3.05) is 12.0 Å². The summed E-state index contributed by atoms with van der Waals surface area (Å²) < 4.78 is 27.1. The molecule has 0 fully saturated rings. The molecule has 1 rings (SSSR count). The highest BCUT2D eigenvalue weighted by atomic mass is 19.1. The molecule has 0 aliphatic rings. The zero-order valence-electron chi connectivity index (χ0n) is 12.5. The van der Waals surface area contributed by atoms with Gasteiger partial charge in [0.05, 0.1) is 0 Å². The van der Waals surface area contributed by atoms with Crippen molar-refractivity contribution in [2.24, 2.45) is 11.8 Å². The van der Waals surface area contributed by atoms with Crippen LogP contribution in [0.5, 0.6) is 0 Å². The maximum atomic E-state index is 13.5. The van der Waals surface area contributed by atoms with Gasteiger partial charge in [0.1, 0.15) is 5.69 Å². The fourth-order valence-electron chi connectivity index (χ4n) is 2.12. The molecule has 4 nitrogen and oxygen atoms in total. The highest BCUT2D eigenvalue weighted by Gasteiger charge is 2.15. The minimum Gasteiger partial charge on any atom is -0.352 e. The van der Waals surface area contributed by atoms with Crippen molar-refractivity contribution in [2.45, 2.75) is 39.5 Å². The number of hydrazine groups is 1. The summed E-state index contributed by atoms with van der Waals surface area (Å²) in [4.78, 5) is 11.9. The molecule has 0 spiro atoms. The molecule has 1 aromatic carbocycles. The lowest BCUT2D eigenvalue weighted by Crippen LogP contribution is -2.29. The molecule has 1 unspecified atom stereocenters. The summed E-state index contributed by atoms with van der Waals surface area (Å²) in [5.74, 6) is 3.14. The number of unbranched alkanes of at least 4 members (excludes halogenated alkanes) is 1. The van der Waals surface area contributed by atoms with Crippen LogP contribution in [0.15, 0.2) is 12.1 Å². The van der Waals surface area contributed by atoms with Crippen molar-refractivity contribution in [1.82, 2.24) is 5.32 Å². The molecule has 4 N–H and O–H groups in total. The number of carbonyl (C=O) groups is 1. The quantitative estimate of drug-likeness (QED) is 0.510. The maximum Gasteiger partial charge on any atom is 0.251 e. The van der Waals surface area contributed by atoms with Crippen LogP contribution in [0.1, 0.15) is 49.9 Å². The van der Waals surface area contributed by atoms with E-state index in [1.807, 2.05) is 5.43 Å². The Morgan fingerprint density at radius 2 is 1.90 bits per heavy atom. The predicted molar refractivity (Wildman–Crippen MR) is 79.8 cm³/mol. The molecule has 0 saturated heterocycles. The summed E-state index contributed by atoms with van der Waals surface area (Å²) in [7, 11) is 0. The molecule has 0 aliphatic carbocycles. The van der Waals surface area contributed by atoms with E-state index in [-0.39, 0.29) is 5.56 Å². The number of nitrogen functional groups attached to an aromatic ring is 1. The van der Waals surface area contributed by atoms with Gasteiger partial charge in [-0.1, -0.05) is 33.1 Å². The molecule has 0 saturated carbocycles. The van der Waals surface area contributed by atoms with Crippen LogP contribution >= 0.6 is 0 Å². The zero-order valence-corrected chi connectivity index (χ0v) is 12.5. The molecule has 1 amide bonds. The number of amides is 1. The number of rotatable bonds is 8. The molecule has 0 aliphatic heterocycles. The Balaban J connectivity index is 2.67. The highest BCUT2D eigenvalue weighted by molar-refractivity contribution is 5.94. The van der Waals surface area contributed by atoms with Crippen molar-refractivity contribution in [3.05, 3.63) is 29.3 Å². The summed E-state index contributed by atoms with van der Waals surface area (Å²) in [6.45, 7) is 4.69. The van der Waals surface area contributed by atoms with Gasteiger partial charge in [0, 0.05) is 12.1 Å². The molecule has 0 aromatic heterocycles. The van der Waals surface area contributed by atoms with Crippen LogP contribution in [-0.2, 0) is 0 Å². The normalized spacial score (nSPS) is 12.0. The lowest BCUT2D eigenvalue weighted by Gasteiger charge is -2.15. The van der Waals surface area contributed by atoms with Crippen LogP contribution < -0.4 is 16.6 Å². The molecule has 21 heavy (non-hydrogen) atoms. The Morgan fingerprint density at radius 3 is 2.38 bits per heavy atom. The second-order valence-corrected chi connectivity index (χ2v) is 5.09. The Labute approximate surface area is 124 Å². The molecule has 0 heterocycles. The molecular weight excluding hydrogens is 276 g/mol. The van der Waals surface area contributed by atoms with Crippen molar-refractivity contribution in [1.29, 1.82) is 0 Å². The molecular formula is C15H23F2N3O. The fraction of sp³-hybridized carbons (Fsp3) is 0.533. The average molecular weight is 299 g/mol. The Hall–Kier alpha value is -1.69. The van der Waals surface area contributed by atoms with E-state index in [1.165, 1.54) is 0 Å². The summed E-state index contributed by atoms with van der Waals surface area (Å²) in [6, 6.07) is 1.95. The van der Waals surface area contributed by atoms with E-state index >= 15 is 0 Å². The minimum atomic E-state index is -0.888. The molecule has 0 radical (unpaired) electrons. The Kier molecular flexibility index (Phi) is 7.08. The van der Waals surface area contributed by atoms with Crippen LogP contribution in [0.4, 0.5) is 14.5 Å². The number of hydrogen-bond acceptors (Lipinski definition) is 3. The van der Waals surface area contributed by atoms with E-state index < -0.39 is 23.2 Å². The van der Waals surface area contributed by atoms with Crippen molar-refractivity contribution in [3.8, 4) is 0 Å². The lowest BCUT2D eigenvalue weighted by atomic mass is 9.99. The van der Waals surface area contributed by atoms with Crippen LogP contribution in [0.25, 0.3) is 0 Å². The smallest absolute Gasteiger partial charge is 0.251 e. The van der Waals surface area contributed by atoms with Gasteiger partial charge in [-0.05, 0) is 24.5 Å². The van der Waals surface area contributed by atoms with Crippen LogP contribution in [0.3, 0.4) is 0 Å². The van der Waals surface area contributed by atoms with E-state index in [9.17, 15) is 13.6 Å². The van der Waals surface area contributed by atoms with Crippen LogP contribution in [0, 0.1) is 17.6 Å². The number of hydrogen-bond donors (Lipinski definition) is 3. The first kappa shape index (κ1) is 17.4. The zero-order chi connectivity index (χ0) is 15.8. The van der Waals surface area contributed by atoms with Crippen LogP contribution in [-0.4, -0.2) is 12.5 Å². The van der Waals surface area contributed by atoms with Crippen molar-refractivity contribution < 1.29 is 13.6 Å². The second-order valence-electron chi connectivity index (χ2n) is 5.09. The number of nitrogens with one attached hydrogen (secondary N) is 2. The largest absolute Gasteiger partial charge is 0.352 e. The first-order chi connectivity index (χ1) is 10.0. The Bertz CT molecular complexity index is 457. The van der Waals surface area contributed by atoms with Gasteiger partial charge >= 0.3 is 0 Å². The topological polar surface area (TPSA) is 67.2 Å². The summed E-state index contributed by atoms with van der Waals surface area (Å²) in [6.07, 6.45) is 4.20. The number of nitrogens with two attached hydrogens (primary N) is 1. The summed E-state index contributed by atoms with van der Waals surface area (Å²) >= 11 is 0. The van der Waals surface area contributed by atoms with Gasteiger partial charge in [-0.2, -0.15) is 0 Å². The SMILES string of the molecule is CCCCC(CC)CNC(=O)c1cc(F)c(NN)c(F)c1. The fourth-order valence-corrected chi connectivity index (χ4v) is 2.12. The van der Waals surface area contributed by atoms with E-state index in [4.69, 9.17) is 5.84 Å². The van der Waals surface area contributed by atoms with E-state index in [2.05, 4.69) is 19.2 Å². The number of carbonyl (C=O) groups excluding carboxylic acids is 1. The average Bonchev–Trinajstić information content (AvgIpc) is 2.46. The molecule has 1 atom stereocenters. The minimum absolute atomic E-state index is 0.0469.